The average molecular weight is 284 g/mol. The van der Waals surface area contributed by atoms with E-state index in [4.69, 9.17) is 4.74 Å². The Balaban J connectivity index is 2.42. The van der Waals surface area contributed by atoms with Crippen LogP contribution in [0.3, 0.4) is 0 Å². The van der Waals surface area contributed by atoms with E-state index in [-0.39, 0.29) is 23.4 Å². The molecule has 1 aromatic rings. The SMILES string of the molecule is CNC(=O)c1cccc(NS(C)(=O)=O)c1OC1CC1. The van der Waals surface area contributed by atoms with Crippen molar-refractivity contribution < 1.29 is 17.9 Å². The van der Waals surface area contributed by atoms with Gasteiger partial charge in [0, 0.05) is 7.05 Å². The van der Waals surface area contributed by atoms with Gasteiger partial charge in [-0.15, -0.1) is 0 Å². The minimum Gasteiger partial charge on any atom is -0.487 e. The highest BCUT2D eigenvalue weighted by atomic mass is 32.2. The molecule has 0 aromatic heterocycles. The first kappa shape index (κ1) is 13.7. The number of nitrogens with one attached hydrogen (secondary N) is 2. The van der Waals surface area contributed by atoms with E-state index in [2.05, 4.69) is 10.0 Å². The molecule has 0 bridgehead atoms. The Hall–Kier alpha value is -1.76. The maximum atomic E-state index is 11.8. The van der Waals surface area contributed by atoms with Crippen molar-refractivity contribution in [3.05, 3.63) is 23.8 Å². The highest BCUT2D eigenvalue weighted by Crippen LogP contribution is 2.35. The quantitative estimate of drug-likeness (QED) is 0.843. The van der Waals surface area contributed by atoms with Crippen molar-refractivity contribution in [2.45, 2.75) is 18.9 Å². The molecule has 0 aliphatic heterocycles. The predicted octanol–water partition coefficient (Wildman–Crippen LogP) is 0.959. The second kappa shape index (κ2) is 5.08. The zero-order valence-electron chi connectivity index (χ0n) is 10.8. The van der Waals surface area contributed by atoms with Crippen molar-refractivity contribution in [2.24, 2.45) is 0 Å². The smallest absolute Gasteiger partial charge is 0.254 e. The number of para-hydroxylation sites is 1. The molecular formula is C12H16N2O4S. The first-order chi connectivity index (χ1) is 8.90. The molecule has 2 rings (SSSR count). The third-order valence-electron chi connectivity index (χ3n) is 2.59. The van der Waals surface area contributed by atoms with Gasteiger partial charge in [0.15, 0.2) is 5.75 Å². The summed E-state index contributed by atoms with van der Waals surface area (Å²) in [7, 11) is -1.91. The summed E-state index contributed by atoms with van der Waals surface area (Å²) in [6.45, 7) is 0. The molecule has 0 heterocycles. The van der Waals surface area contributed by atoms with Crippen molar-refractivity contribution in [1.82, 2.24) is 5.32 Å². The topological polar surface area (TPSA) is 84.5 Å². The Morgan fingerprint density at radius 2 is 2.05 bits per heavy atom. The fourth-order valence-electron chi connectivity index (χ4n) is 1.61. The highest BCUT2D eigenvalue weighted by Gasteiger charge is 2.27. The van der Waals surface area contributed by atoms with Crippen LogP contribution in [0, 0.1) is 0 Å². The molecule has 1 aliphatic carbocycles. The lowest BCUT2D eigenvalue weighted by atomic mass is 10.1. The van der Waals surface area contributed by atoms with Crippen molar-refractivity contribution >= 4 is 21.6 Å². The Kier molecular flexibility index (Phi) is 3.66. The highest BCUT2D eigenvalue weighted by molar-refractivity contribution is 7.92. The predicted molar refractivity (Wildman–Crippen MR) is 71.9 cm³/mol. The van der Waals surface area contributed by atoms with E-state index in [1.165, 1.54) is 7.05 Å². The standard InChI is InChI=1S/C12H16N2O4S/c1-13-12(15)9-4-3-5-10(14-19(2,16)17)11(9)18-8-6-7-8/h3-5,8,14H,6-7H2,1-2H3,(H,13,15). The maximum absolute atomic E-state index is 11.8. The number of carbonyl (C=O) groups is 1. The molecule has 7 heteroatoms. The first-order valence-corrected chi connectivity index (χ1v) is 7.79. The third-order valence-corrected chi connectivity index (χ3v) is 3.18. The summed E-state index contributed by atoms with van der Waals surface area (Å²) in [6.07, 6.45) is 2.95. The summed E-state index contributed by atoms with van der Waals surface area (Å²) in [6, 6.07) is 4.78. The van der Waals surface area contributed by atoms with Crippen LogP contribution in [0.5, 0.6) is 5.75 Å². The Labute approximate surface area is 112 Å². The molecule has 0 atom stereocenters. The van der Waals surface area contributed by atoms with Gasteiger partial charge in [-0.1, -0.05) is 6.07 Å². The van der Waals surface area contributed by atoms with Gasteiger partial charge >= 0.3 is 0 Å². The van der Waals surface area contributed by atoms with Crippen LogP contribution in [0.2, 0.25) is 0 Å². The zero-order chi connectivity index (χ0) is 14.0. The van der Waals surface area contributed by atoms with Crippen molar-refractivity contribution in [3.8, 4) is 5.75 Å². The van der Waals surface area contributed by atoms with E-state index < -0.39 is 10.0 Å². The summed E-state index contributed by atoms with van der Waals surface area (Å²) in [5, 5.41) is 2.51. The number of rotatable bonds is 5. The Morgan fingerprint density at radius 3 is 2.58 bits per heavy atom. The average Bonchev–Trinajstić information content (AvgIpc) is 3.12. The monoisotopic (exact) mass is 284 g/mol. The minimum atomic E-state index is -3.43. The normalized spacial score (nSPS) is 14.8. The van der Waals surface area contributed by atoms with Gasteiger partial charge in [0.1, 0.15) is 0 Å². The molecule has 1 aromatic carbocycles. The van der Waals surface area contributed by atoms with Crippen molar-refractivity contribution in [1.29, 1.82) is 0 Å². The summed E-state index contributed by atoms with van der Waals surface area (Å²) in [5.41, 5.74) is 0.610. The Morgan fingerprint density at radius 1 is 1.37 bits per heavy atom. The van der Waals surface area contributed by atoms with E-state index in [0.717, 1.165) is 19.1 Å². The van der Waals surface area contributed by atoms with E-state index in [9.17, 15) is 13.2 Å². The summed E-state index contributed by atoms with van der Waals surface area (Å²) in [5.74, 6) is -0.0254. The number of sulfonamides is 1. The molecule has 19 heavy (non-hydrogen) atoms. The minimum absolute atomic E-state index is 0.0610. The number of hydrogen-bond acceptors (Lipinski definition) is 4. The van der Waals surface area contributed by atoms with Crippen LogP contribution >= 0.6 is 0 Å². The van der Waals surface area contributed by atoms with Gasteiger partial charge in [0.25, 0.3) is 5.91 Å². The van der Waals surface area contributed by atoms with E-state index in [0.29, 0.717) is 5.56 Å². The van der Waals surface area contributed by atoms with Crippen LogP contribution in [0.25, 0.3) is 0 Å². The molecule has 1 fully saturated rings. The van der Waals surface area contributed by atoms with Crippen LogP contribution in [0.15, 0.2) is 18.2 Å². The van der Waals surface area contributed by atoms with E-state index in [1.54, 1.807) is 18.2 Å². The second-order valence-electron chi connectivity index (χ2n) is 4.45. The van der Waals surface area contributed by atoms with E-state index >= 15 is 0 Å². The molecule has 104 valence electrons. The molecule has 0 radical (unpaired) electrons. The van der Waals surface area contributed by atoms with Crippen LogP contribution < -0.4 is 14.8 Å². The maximum Gasteiger partial charge on any atom is 0.254 e. The van der Waals surface area contributed by atoms with Crippen molar-refractivity contribution in [3.63, 3.8) is 0 Å². The van der Waals surface area contributed by atoms with Crippen LogP contribution in [-0.4, -0.2) is 33.7 Å². The van der Waals surface area contributed by atoms with Crippen LogP contribution in [0.1, 0.15) is 23.2 Å². The van der Waals surface area contributed by atoms with Gasteiger partial charge in [-0.25, -0.2) is 8.42 Å². The van der Waals surface area contributed by atoms with Gasteiger partial charge in [-0.3, -0.25) is 9.52 Å². The van der Waals surface area contributed by atoms with E-state index in [1.807, 2.05) is 0 Å². The largest absolute Gasteiger partial charge is 0.487 e. The van der Waals surface area contributed by atoms with Gasteiger partial charge < -0.3 is 10.1 Å². The number of amides is 1. The number of benzene rings is 1. The molecule has 1 aliphatic rings. The second-order valence-corrected chi connectivity index (χ2v) is 6.20. The molecule has 0 saturated heterocycles. The zero-order valence-corrected chi connectivity index (χ0v) is 11.6. The molecule has 1 amide bonds. The Bertz CT molecular complexity index is 594. The van der Waals surface area contributed by atoms with Crippen LogP contribution in [-0.2, 0) is 10.0 Å². The molecule has 1 saturated carbocycles. The molecule has 2 N–H and O–H groups in total. The molecular weight excluding hydrogens is 268 g/mol. The molecule has 0 unspecified atom stereocenters. The lowest BCUT2D eigenvalue weighted by Crippen LogP contribution is -2.20. The fraction of sp³-hybridized carbons (Fsp3) is 0.417. The lowest BCUT2D eigenvalue weighted by Gasteiger charge is -2.15. The van der Waals surface area contributed by atoms with Gasteiger partial charge in [-0.2, -0.15) is 0 Å². The van der Waals surface area contributed by atoms with Gasteiger partial charge in [-0.05, 0) is 25.0 Å². The fourth-order valence-corrected chi connectivity index (χ4v) is 2.17. The van der Waals surface area contributed by atoms with Crippen molar-refractivity contribution in [2.75, 3.05) is 18.0 Å². The summed E-state index contributed by atoms with van der Waals surface area (Å²) in [4.78, 5) is 11.8. The van der Waals surface area contributed by atoms with Gasteiger partial charge in [0.05, 0.1) is 23.6 Å². The first-order valence-electron chi connectivity index (χ1n) is 5.90. The van der Waals surface area contributed by atoms with Gasteiger partial charge in [0.2, 0.25) is 10.0 Å². The number of anilines is 1. The summed E-state index contributed by atoms with van der Waals surface area (Å²) >= 11 is 0. The lowest BCUT2D eigenvalue weighted by molar-refractivity contribution is 0.0959. The third kappa shape index (κ3) is 3.60. The number of ether oxygens (including phenoxy) is 1. The van der Waals surface area contributed by atoms with Crippen LogP contribution in [0.4, 0.5) is 5.69 Å². The molecule has 6 nitrogen and oxygen atoms in total. The number of carbonyl (C=O) groups excluding carboxylic acids is 1. The number of hydrogen-bond donors (Lipinski definition) is 2. The summed E-state index contributed by atoms with van der Waals surface area (Å²) < 4.78 is 30.7. The molecule has 0 spiro atoms.